The Hall–Kier alpha value is 0.870. The number of ether oxygens (including phenoxy) is 1. The molecule has 0 saturated carbocycles. The van der Waals surface area contributed by atoms with Gasteiger partial charge in [-0.25, -0.2) is 8.42 Å². The van der Waals surface area contributed by atoms with E-state index in [2.05, 4.69) is 45.7 Å². The molecule has 1 atom stereocenters. The fourth-order valence-corrected chi connectivity index (χ4v) is 6.87. The van der Waals surface area contributed by atoms with Crippen molar-refractivity contribution in [3.8, 4) is 0 Å². The molecular formula is C13H24Br2O3S. The van der Waals surface area contributed by atoms with Gasteiger partial charge in [-0.3, -0.25) is 0 Å². The predicted molar refractivity (Wildman–Crippen MR) is 87.1 cm³/mol. The Morgan fingerprint density at radius 1 is 1.21 bits per heavy atom. The van der Waals surface area contributed by atoms with E-state index in [9.17, 15) is 8.42 Å². The topological polar surface area (TPSA) is 43.4 Å². The van der Waals surface area contributed by atoms with Crippen LogP contribution in [0.4, 0.5) is 0 Å². The molecular weight excluding hydrogens is 396 g/mol. The molecule has 1 aliphatic heterocycles. The highest BCUT2D eigenvalue weighted by molar-refractivity contribution is 9.09. The summed E-state index contributed by atoms with van der Waals surface area (Å²) in [7, 11) is -1.10. The van der Waals surface area contributed by atoms with Gasteiger partial charge < -0.3 is 4.74 Å². The van der Waals surface area contributed by atoms with Crippen molar-refractivity contribution in [2.45, 2.75) is 38.7 Å². The van der Waals surface area contributed by atoms with E-state index >= 15 is 0 Å². The molecule has 0 amide bonds. The molecule has 1 saturated heterocycles. The molecule has 0 bridgehead atoms. The molecule has 0 spiro atoms. The molecule has 6 heteroatoms. The molecule has 19 heavy (non-hydrogen) atoms. The fraction of sp³-hybridized carbons (Fsp3) is 1.00. The van der Waals surface area contributed by atoms with E-state index in [0.717, 1.165) is 29.9 Å². The summed E-state index contributed by atoms with van der Waals surface area (Å²) in [6, 6.07) is 0. The first-order chi connectivity index (χ1) is 8.70. The van der Waals surface area contributed by atoms with Gasteiger partial charge in [-0.15, -0.1) is 0 Å². The van der Waals surface area contributed by atoms with Crippen molar-refractivity contribution in [3.05, 3.63) is 0 Å². The maximum Gasteiger partial charge on any atom is 0.150 e. The molecule has 114 valence electrons. The van der Waals surface area contributed by atoms with Crippen molar-refractivity contribution in [2.75, 3.05) is 29.3 Å². The predicted octanol–water partition coefficient (Wildman–Crippen LogP) is 3.40. The summed E-state index contributed by atoms with van der Waals surface area (Å²) in [4.78, 5) is 0. The number of rotatable bonds is 7. The Morgan fingerprint density at radius 2 is 1.79 bits per heavy atom. The summed E-state index contributed by atoms with van der Waals surface area (Å²) >= 11 is 7.21. The number of halogens is 2. The van der Waals surface area contributed by atoms with Crippen LogP contribution in [-0.2, 0) is 14.6 Å². The Kier molecular flexibility index (Phi) is 6.37. The second kappa shape index (κ2) is 6.75. The molecule has 0 aliphatic carbocycles. The van der Waals surface area contributed by atoms with Crippen LogP contribution >= 0.6 is 31.9 Å². The van der Waals surface area contributed by atoms with Crippen LogP contribution in [0.1, 0.15) is 33.1 Å². The Labute approximate surface area is 134 Å². The minimum atomic E-state index is -2.83. The average Bonchev–Trinajstić information content (AvgIpc) is 2.72. The number of sulfone groups is 1. The van der Waals surface area contributed by atoms with Crippen molar-refractivity contribution in [2.24, 2.45) is 11.3 Å². The zero-order valence-corrected chi connectivity index (χ0v) is 15.9. The van der Waals surface area contributed by atoms with Gasteiger partial charge in [0.05, 0.1) is 17.1 Å². The van der Waals surface area contributed by atoms with Crippen LogP contribution in [0.3, 0.4) is 0 Å². The van der Waals surface area contributed by atoms with E-state index in [1.807, 2.05) is 0 Å². The SMILES string of the molecule is COC(C)(C)CCC(CBr)(CBr)C1CCS(=O)(=O)C1. The summed E-state index contributed by atoms with van der Waals surface area (Å²) in [5.41, 5.74) is -0.160. The lowest BCUT2D eigenvalue weighted by atomic mass is 9.73. The van der Waals surface area contributed by atoms with Crippen LogP contribution in [0.5, 0.6) is 0 Å². The summed E-state index contributed by atoms with van der Waals surface area (Å²) in [6.07, 6.45) is 2.68. The largest absolute Gasteiger partial charge is 0.379 e. The third kappa shape index (κ3) is 4.68. The summed E-state index contributed by atoms with van der Waals surface area (Å²) < 4.78 is 28.9. The minimum absolute atomic E-state index is 0.000625. The van der Waals surface area contributed by atoms with E-state index in [-0.39, 0.29) is 16.9 Å². The molecule has 0 aromatic carbocycles. The molecule has 0 N–H and O–H groups in total. The van der Waals surface area contributed by atoms with Crippen LogP contribution in [0.25, 0.3) is 0 Å². The first kappa shape index (κ1) is 17.9. The summed E-state index contributed by atoms with van der Waals surface area (Å²) in [5.74, 6) is 0.911. The van der Waals surface area contributed by atoms with E-state index in [4.69, 9.17) is 4.74 Å². The fourth-order valence-electron chi connectivity index (χ4n) is 2.52. The summed E-state index contributed by atoms with van der Waals surface area (Å²) in [6.45, 7) is 4.15. The van der Waals surface area contributed by atoms with Gasteiger partial charge in [0.25, 0.3) is 0 Å². The minimum Gasteiger partial charge on any atom is -0.379 e. The second-order valence-electron chi connectivity index (χ2n) is 6.19. The molecule has 0 radical (unpaired) electrons. The lowest BCUT2D eigenvalue weighted by Crippen LogP contribution is -2.37. The molecule has 1 unspecified atom stereocenters. The zero-order chi connectivity index (χ0) is 14.7. The molecule has 1 fully saturated rings. The lowest BCUT2D eigenvalue weighted by Gasteiger charge is -2.38. The molecule has 3 nitrogen and oxygen atoms in total. The van der Waals surface area contributed by atoms with E-state index in [0.29, 0.717) is 11.5 Å². The number of hydrogen-bond acceptors (Lipinski definition) is 3. The van der Waals surface area contributed by atoms with Crippen molar-refractivity contribution in [1.29, 1.82) is 0 Å². The van der Waals surface area contributed by atoms with Crippen molar-refractivity contribution >= 4 is 41.7 Å². The van der Waals surface area contributed by atoms with Gasteiger partial charge in [-0.1, -0.05) is 31.9 Å². The first-order valence-corrected chi connectivity index (χ1v) is 10.6. The van der Waals surface area contributed by atoms with Crippen LogP contribution in [0, 0.1) is 11.3 Å². The number of methoxy groups -OCH3 is 1. The molecule has 0 aromatic heterocycles. The Bertz CT molecular complexity index is 389. The molecule has 0 aromatic rings. The Balaban J connectivity index is 2.80. The number of alkyl halides is 2. The monoisotopic (exact) mass is 418 g/mol. The van der Waals surface area contributed by atoms with Crippen molar-refractivity contribution in [1.82, 2.24) is 0 Å². The van der Waals surface area contributed by atoms with Crippen LogP contribution < -0.4 is 0 Å². The second-order valence-corrected chi connectivity index (χ2v) is 9.54. The Morgan fingerprint density at radius 3 is 2.16 bits per heavy atom. The van der Waals surface area contributed by atoms with Gasteiger partial charge in [-0.05, 0) is 44.4 Å². The van der Waals surface area contributed by atoms with Crippen molar-refractivity contribution < 1.29 is 13.2 Å². The van der Waals surface area contributed by atoms with Gasteiger partial charge in [0.1, 0.15) is 0 Å². The highest BCUT2D eigenvalue weighted by Crippen LogP contribution is 2.44. The average molecular weight is 420 g/mol. The van der Waals surface area contributed by atoms with Crippen molar-refractivity contribution in [3.63, 3.8) is 0 Å². The highest BCUT2D eigenvalue weighted by atomic mass is 79.9. The maximum absolute atomic E-state index is 11.7. The van der Waals surface area contributed by atoms with Crippen LogP contribution in [0.2, 0.25) is 0 Å². The van der Waals surface area contributed by atoms with Gasteiger partial charge in [0, 0.05) is 17.8 Å². The van der Waals surface area contributed by atoms with E-state index in [1.54, 1.807) is 7.11 Å². The summed E-state index contributed by atoms with van der Waals surface area (Å²) in [5, 5.41) is 1.65. The van der Waals surface area contributed by atoms with Crippen LogP contribution in [0.15, 0.2) is 0 Å². The van der Waals surface area contributed by atoms with E-state index in [1.165, 1.54) is 0 Å². The quantitative estimate of drug-likeness (QED) is 0.594. The molecule has 1 rings (SSSR count). The highest BCUT2D eigenvalue weighted by Gasteiger charge is 2.43. The smallest absolute Gasteiger partial charge is 0.150 e. The van der Waals surface area contributed by atoms with E-state index < -0.39 is 9.84 Å². The van der Waals surface area contributed by atoms with Gasteiger partial charge in [0.15, 0.2) is 9.84 Å². The molecule has 1 aliphatic rings. The third-order valence-electron chi connectivity index (χ3n) is 4.41. The standard InChI is InChI=1S/C13H24Br2O3S/c1-12(2,18-3)5-6-13(9-14,10-15)11-4-7-19(16,17)8-11/h11H,4-10H2,1-3H3. The zero-order valence-electron chi connectivity index (χ0n) is 11.9. The number of hydrogen-bond donors (Lipinski definition) is 0. The van der Waals surface area contributed by atoms with Gasteiger partial charge in [0.2, 0.25) is 0 Å². The van der Waals surface area contributed by atoms with Gasteiger partial charge in [-0.2, -0.15) is 0 Å². The third-order valence-corrected chi connectivity index (χ3v) is 8.41. The lowest BCUT2D eigenvalue weighted by molar-refractivity contribution is 0.00309. The van der Waals surface area contributed by atoms with Crippen LogP contribution in [-0.4, -0.2) is 43.3 Å². The normalized spacial score (nSPS) is 23.7. The molecule has 1 heterocycles. The maximum atomic E-state index is 11.7. The van der Waals surface area contributed by atoms with Gasteiger partial charge >= 0.3 is 0 Å². The first-order valence-electron chi connectivity index (χ1n) is 6.58.